The molecule has 0 radical (unpaired) electrons. The number of amides is 1. The first-order valence-corrected chi connectivity index (χ1v) is 32.5. The van der Waals surface area contributed by atoms with E-state index in [2.05, 4.69) is 67.8 Å². The Bertz CT molecular complexity index is 1570. The standard InChI is InChI=1S/C66H119NO13/c1-3-5-7-9-11-13-15-17-19-21-23-25-27-29-31-33-35-37-39-41-43-45-47-49-55(70)54(53-77-65-63(76)61(74)64(57(52-69)79-65)80-66-62(75)60(73)59(72)56(51-68)78-66)67-58(71)50-48-46-44-42-40-38-36-34-32-30-28-26-24-22-20-18-16-14-12-10-8-6-4-2/h16,18,22,24,28,30,39,41,47,49,54-57,59-66,68-70,72-76H,3-15,17,19-21,23,25-27,29,31-38,40,42-46,48,50-53H2,1-2H3,(H,67,71)/b18-16-,24-22-,30-28-,41-39+,49-47+. The van der Waals surface area contributed by atoms with Crippen LogP contribution in [0.1, 0.15) is 258 Å². The molecular formula is C66H119NO13. The summed E-state index contributed by atoms with van der Waals surface area (Å²) in [5.41, 5.74) is 0. The quantitative estimate of drug-likeness (QED) is 0.0204. The molecule has 0 aromatic rings. The molecule has 1 amide bonds. The summed E-state index contributed by atoms with van der Waals surface area (Å²) in [4.78, 5) is 13.3. The van der Waals surface area contributed by atoms with Gasteiger partial charge in [0, 0.05) is 6.42 Å². The lowest BCUT2D eigenvalue weighted by Crippen LogP contribution is -2.65. The molecule has 12 atom stereocenters. The number of nitrogens with one attached hydrogen (secondary N) is 1. The third kappa shape index (κ3) is 35.7. The molecule has 80 heavy (non-hydrogen) atoms. The Morgan fingerprint density at radius 1 is 0.450 bits per heavy atom. The highest BCUT2D eigenvalue weighted by Crippen LogP contribution is 2.30. The Morgan fingerprint density at radius 3 is 1.31 bits per heavy atom. The maximum Gasteiger partial charge on any atom is 0.220 e. The third-order valence-electron chi connectivity index (χ3n) is 15.7. The second-order valence-corrected chi connectivity index (χ2v) is 22.9. The highest BCUT2D eigenvalue weighted by Gasteiger charge is 2.51. The summed E-state index contributed by atoms with van der Waals surface area (Å²) < 4.78 is 22.8. The normalized spacial score (nSPS) is 24.6. The molecule has 12 unspecified atom stereocenters. The van der Waals surface area contributed by atoms with Crippen molar-refractivity contribution in [1.82, 2.24) is 5.32 Å². The first kappa shape index (κ1) is 73.8. The minimum Gasteiger partial charge on any atom is -0.394 e. The molecule has 2 saturated heterocycles. The van der Waals surface area contributed by atoms with Crippen molar-refractivity contribution in [2.24, 2.45) is 0 Å². The van der Waals surface area contributed by atoms with Crippen molar-refractivity contribution in [3.63, 3.8) is 0 Å². The van der Waals surface area contributed by atoms with E-state index < -0.39 is 86.8 Å². The first-order chi connectivity index (χ1) is 39.1. The molecule has 14 nitrogen and oxygen atoms in total. The number of carbonyl (C=O) groups excluding carboxylic acids is 1. The zero-order valence-corrected chi connectivity index (χ0v) is 50.3. The van der Waals surface area contributed by atoms with Gasteiger partial charge in [0.1, 0.15) is 48.8 Å². The predicted octanol–water partition coefficient (Wildman–Crippen LogP) is 12.1. The summed E-state index contributed by atoms with van der Waals surface area (Å²) in [5, 5.41) is 87.3. The molecule has 2 aliphatic rings. The molecule has 9 N–H and O–H groups in total. The van der Waals surface area contributed by atoms with Crippen molar-refractivity contribution >= 4 is 5.91 Å². The summed E-state index contributed by atoms with van der Waals surface area (Å²) in [6.07, 6.45) is 49.7. The van der Waals surface area contributed by atoms with Gasteiger partial charge < -0.3 is 65.1 Å². The number of allylic oxidation sites excluding steroid dienone is 9. The fraction of sp³-hybridized carbons (Fsp3) is 0.833. The molecule has 0 aliphatic carbocycles. The van der Waals surface area contributed by atoms with Gasteiger partial charge in [0.25, 0.3) is 0 Å². The molecule has 14 heteroatoms. The number of ether oxygens (including phenoxy) is 4. The van der Waals surface area contributed by atoms with E-state index >= 15 is 0 Å². The highest BCUT2D eigenvalue weighted by atomic mass is 16.7. The number of unbranched alkanes of at least 4 members (excludes halogenated alkanes) is 31. The average molecular weight is 1130 g/mol. The van der Waals surface area contributed by atoms with Crippen molar-refractivity contribution in [2.45, 2.75) is 331 Å². The number of hydrogen-bond donors (Lipinski definition) is 9. The molecule has 2 fully saturated rings. The van der Waals surface area contributed by atoms with Crippen LogP contribution in [0.3, 0.4) is 0 Å². The predicted molar refractivity (Wildman–Crippen MR) is 323 cm³/mol. The molecule has 2 rings (SSSR count). The molecule has 0 aromatic heterocycles. The van der Waals surface area contributed by atoms with Crippen molar-refractivity contribution in [3.05, 3.63) is 60.8 Å². The van der Waals surface area contributed by atoms with E-state index in [9.17, 15) is 45.6 Å². The summed E-state index contributed by atoms with van der Waals surface area (Å²) in [5.74, 6) is -0.256. The van der Waals surface area contributed by atoms with Crippen LogP contribution in [0.2, 0.25) is 0 Å². The molecule has 0 bridgehead atoms. The number of rotatable bonds is 52. The van der Waals surface area contributed by atoms with Gasteiger partial charge in [0.15, 0.2) is 12.6 Å². The summed E-state index contributed by atoms with van der Waals surface area (Å²) >= 11 is 0. The maximum absolute atomic E-state index is 13.3. The van der Waals surface area contributed by atoms with Gasteiger partial charge in [-0.25, -0.2) is 0 Å². The van der Waals surface area contributed by atoms with Crippen LogP contribution in [0.4, 0.5) is 0 Å². The fourth-order valence-corrected chi connectivity index (χ4v) is 10.4. The van der Waals surface area contributed by atoms with Crippen LogP contribution in [0, 0.1) is 0 Å². The van der Waals surface area contributed by atoms with Gasteiger partial charge in [-0.2, -0.15) is 0 Å². The van der Waals surface area contributed by atoms with Gasteiger partial charge in [-0.3, -0.25) is 4.79 Å². The van der Waals surface area contributed by atoms with E-state index in [0.29, 0.717) is 12.8 Å². The van der Waals surface area contributed by atoms with Crippen LogP contribution >= 0.6 is 0 Å². The number of aliphatic hydroxyl groups is 8. The van der Waals surface area contributed by atoms with Gasteiger partial charge in [-0.1, -0.05) is 242 Å². The first-order valence-electron chi connectivity index (χ1n) is 32.5. The molecule has 2 heterocycles. The van der Waals surface area contributed by atoms with E-state index in [1.807, 2.05) is 6.08 Å². The zero-order chi connectivity index (χ0) is 58.1. The van der Waals surface area contributed by atoms with Gasteiger partial charge in [0.05, 0.1) is 32.0 Å². The average Bonchev–Trinajstić information content (AvgIpc) is 3.46. The van der Waals surface area contributed by atoms with E-state index in [1.54, 1.807) is 6.08 Å². The second-order valence-electron chi connectivity index (χ2n) is 22.9. The van der Waals surface area contributed by atoms with E-state index in [0.717, 1.165) is 51.4 Å². The van der Waals surface area contributed by atoms with Crippen LogP contribution in [0.25, 0.3) is 0 Å². The molecule has 0 aromatic carbocycles. The van der Waals surface area contributed by atoms with Crippen molar-refractivity contribution in [1.29, 1.82) is 0 Å². The van der Waals surface area contributed by atoms with E-state index in [-0.39, 0.29) is 18.9 Å². The van der Waals surface area contributed by atoms with Crippen LogP contribution in [0.15, 0.2) is 60.8 Å². The molecular weight excluding hydrogens is 1010 g/mol. The lowest BCUT2D eigenvalue weighted by molar-refractivity contribution is -0.359. The zero-order valence-electron chi connectivity index (χ0n) is 50.3. The Kier molecular flexibility index (Phi) is 47.2. The van der Waals surface area contributed by atoms with Crippen LogP contribution in [0.5, 0.6) is 0 Å². The molecule has 0 spiro atoms. The molecule has 2 aliphatic heterocycles. The third-order valence-corrected chi connectivity index (χ3v) is 15.7. The lowest BCUT2D eigenvalue weighted by Gasteiger charge is -2.46. The van der Waals surface area contributed by atoms with Gasteiger partial charge in [-0.05, 0) is 70.6 Å². The Balaban J connectivity index is 1.75. The molecule has 0 saturated carbocycles. The van der Waals surface area contributed by atoms with Crippen LogP contribution in [-0.4, -0.2) is 140 Å². The number of hydrogen-bond acceptors (Lipinski definition) is 13. The summed E-state index contributed by atoms with van der Waals surface area (Å²) in [6, 6.07) is -0.939. The minimum absolute atomic E-state index is 0.256. The van der Waals surface area contributed by atoms with E-state index in [4.69, 9.17) is 18.9 Å². The van der Waals surface area contributed by atoms with Gasteiger partial charge in [0.2, 0.25) is 5.91 Å². The highest BCUT2D eigenvalue weighted by molar-refractivity contribution is 5.76. The van der Waals surface area contributed by atoms with Crippen LogP contribution < -0.4 is 5.32 Å². The van der Waals surface area contributed by atoms with Crippen molar-refractivity contribution < 1.29 is 64.6 Å². The van der Waals surface area contributed by atoms with Gasteiger partial charge in [-0.15, -0.1) is 0 Å². The summed E-state index contributed by atoms with van der Waals surface area (Å²) in [6.45, 7) is 2.78. The fourth-order valence-electron chi connectivity index (χ4n) is 10.4. The van der Waals surface area contributed by atoms with Crippen LogP contribution in [-0.2, 0) is 23.7 Å². The van der Waals surface area contributed by atoms with E-state index in [1.165, 1.54) is 173 Å². The van der Waals surface area contributed by atoms with Crippen molar-refractivity contribution in [2.75, 3.05) is 19.8 Å². The Labute approximate surface area is 486 Å². The SMILES string of the molecule is CCCCCCC/C=C\C/C=C\C/C=C\CCCCCCCCCCC(=O)NC(COC1OC(CO)C(OC2OC(CO)C(O)C(O)C2O)C(O)C1O)C(O)/C=C/CC/C=C/CCCCCCCCCCCCCCCCCCC. The Hall–Kier alpha value is -2.31. The number of aliphatic hydroxyl groups excluding tert-OH is 8. The maximum atomic E-state index is 13.3. The smallest absolute Gasteiger partial charge is 0.220 e. The Morgan fingerprint density at radius 2 is 0.838 bits per heavy atom. The van der Waals surface area contributed by atoms with Gasteiger partial charge >= 0.3 is 0 Å². The molecule has 466 valence electrons. The van der Waals surface area contributed by atoms with Crippen molar-refractivity contribution in [3.8, 4) is 0 Å². The second kappa shape index (κ2) is 51.1. The lowest BCUT2D eigenvalue weighted by atomic mass is 9.97. The monoisotopic (exact) mass is 1130 g/mol. The summed E-state index contributed by atoms with van der Waals surface area (Å²) in [7, 11) is 0. The minimum atomic E-state index is -1.79. The number of carbonyl (C=O) groups is 1. The largest absolute Gasteiger partial charge is 0.394 e. The topological polar surface area (TPSA) is 228 Å².